The summed E-state index contributed by atoms with van der Waals surface area (Å²) in [6.07, 6.45) is 3.57. The van der Waals surface area contributed by atoms with Crippen molar-refractivity contribution in [1.82, 2.24) is 20.4 Å². The number of halogens is 1. The molecule has 0 aliphatic heterocycles. The van der Waals surface area contributed by atoms with Crippen LogP contribution in [0.15, 0.2) is 42.7 Å². The molecule has 2 rings (SSSR count). The summed E-state index contributed by atoms with van der Waals surface area (Å²) >= 11 is 0. The molecule has 1 heterocycles. The van der Waals surface area contributed by atoms with Gasteiger partial charge < -0.3 is 10.6 Å². The lowest BCUT2D eigenvalue weighted by atomic mass is 9.78. The van der Waals surface area contributed by atoms with Gasteiger partial charge in [0.2, 0.25) is 5.91 Å². The number of nitrogens with zero attached hydrogens (tertiary/aromatic N) is 2. The Morgan fingerprint density at radius 3 is 2.38 bits per heavy atom. The number of amides is 1. The Morgan fingerprint density at radius 2 is 1.88 bits per heavy atom. The molecule has 5 nitrogen and oxygen atoms in total. The standard InChI is InChI=1S/C18H26N4O.ClH/c1-13(18(2,3)15-9-7-6-8-10-15)21-17(23)16(19-4)14-11-20-22(5)12-14;/h6-13,16,19H,1-5H3,(H,21,23);1H. The fourth-order valence-corrected chi connectivity index (χ4v) is 2.63. The molecule has 2 N–H and O–H groups in total. The van der Waals surface area contributed by atoms with Gasteiger partial charge in [-0.2, -0.15) is 5.10 Å². The van der Waals surface area contributed by atoms with E-state index < -0.39 is 6.04 Å². The number of rotatable bonds is 6. The molecular formula is C18H27ClN4O. The SMILES string of the molecule is CNC(C(=O)NC(C)C(C)(C)c1ccccc1)c1cnn(C)c1.Cl. The molecule has 1 aromatic heterocycles. The monoisotopic (exact) mass is 350 g/mol. The fourth-order valence-electron chi connectivity index (χ4n) is 2.63. The molecule has 1 aromatic carbocycles. The average Bonchev–Trinajstić information content (AvgIpc) is 2.95. The van der Waals surface area contributed by atoms with Crippen LogP contribution in [0.5, 0.6) is 0 Å². The highest BCUT2D eigenvalue weighted by molar-refractivity contribution is 5.85. The zero-order valence-electron chi connectivity index (χ0n) is 14.9. The molecule has 0 fully saturated rings. The second kappa shape index (κ2) is 8.31. The zero-order chi connectivity index (χ0) is 17.0. The van der Waals surface area contributed by atoms with Gasteiger partial charge in [-0.15, -0.1) is 12.4 Å². The number of likely N-dealkylation sites (N-methyl/N-ethyl adjacent to an activating group) is 1. The lowest BCUT2D eigenvalue weighted by Gasteiger charge is -2.34. The lowest BCUT2D eigenvalue weighted by Crippen LogP contribution is -2.48. The van der Waals surface area contributed by atoms with Crippen molar-refractivity contribution < 1.29 is 4.79 Å². The summed E-state index contributed by atoms with van der Waals surface area (Å²) in [6.45, 7) is 6.33. The predicted molar refractivity (Wildman–Crippen MR) is 99.3 cm³/mol. The van der Waals surface area contributed by atoms with Crippen LogP contribution in [0.4, 0.5) is 0 Å². The minimum Gasteiger partial charge on any atom is -0.351 e. The van der Waals surface area contributed by atoms with Crippen molar-refractivity contribution >= 4 is 18.3 Å². The van der Waals surface area contributed by atoms with Crippen molar-refractivity contribution in [2.24, 2.45) is 7.05 Å². The van der Waals surface area contributed by atoms with Crippen LogP contribution in [0.25, 0.3) is 0 Å². The molecule has 2 unspecified atom stereocenters. The van der Waals surface area contributed by atoms with Gasteiger partial charge in [0.05, 0.1) is 6.20 Å². The van der Waals surface area contributed by atoms with Gasteiger partial charge in [0.1, 0.15) is 6.04 Å². The minimum atomic E-state index is -0.405. The number of nitrogens with one attached hydrogen (secondary N) is 2. The summed E-state index contributed by atoms with van der Waals surface area (Å²) < 4.78 is 1.70. The van der Waals surface area contributed by atoms with Crippen molar-refractivity contribution in [1.29, 1.82) is 0 Å². The topological polar surface area (TPSA) is 59.0 Å². The maximum atomic E-state index is 12.7. The summed E-state index contributed by atoms with van der Waals surface area (Å²) in [6, 6.07) is 9.83. The quantitative estimate of drug-likeness (QED) is 0.841. The van der Waals surface area contributed by atoms with E-state index in [1.165, 1.54) is 5.56 Å². The van der Waals surface area contributed by atoms with E-state index in [0.29, 0.717) is 0 Å². The number of hydrogen-bond acceptors (Lipinski definition) is 3. The van der Waals surface area contributed by atoms with Crippen molar-refractivity contribution in [2.75, 3.05) is 7.05 Å². The first kappa shape index (κ1) is 20.2. The van der Waals surface area contributed by atoms with Gasteiger partial charge in [-0.3, -0.25) is 9.48 Å². The lowest BCUT2D eigenvalue weighted by molar-refractivity contribution is -0.124. The highest BCUT2D eigenvalue weighted by Gasteiger charge is 2.31. The summed E-state index contributed by atoms with van der Waals surface area (Å²) in [4.78, 5) is 12.7. The van der Waals surface area contributed by atoms with Gasteiger partial charge in [-0.05, 0) is 19.5 Å². The Morgan fingerprint density at radius 1 is 1.25 bits per heavy atom. The van der Waals surface area contributed by atoms with Crippen LogP contribution in [-0.2, 0) is 17.3 Å². The summed E-state index contributed by atoms with van der Waals surface area (Å²) in [5.41, 5.74) is 1.90. The number of aryl methyl sites for hydroxylation is 1. The third-order valence-electron chi connectivity index (χ3n) is 4.57. The third kappa shape index (κ3) is 4.36. The molecule has 0 spiro atoms. The molecule has 0 saturated heterocycles. The second-order valence-electron chi connectivity index (χ2n) is 6.49. The first-order valence-corrected chi connectivity index (χ1v) is 7.88. The summed E-state index contributed by atoms with van der Waals surface area (Å²) in [7, 11) is 3.62. The van der Waals surface area contributed by atoms with E-state index in [1.54, 1.807) is 17.9 Å². The molecule has 0 bridgehead atoms. The van der Waals surface area contributed by atoms with Gasteiger partial charge >= 0.3 is 0 Å². The first-order valence-electron chi connectivity index (χ1n) is 7.88. The Labute approximate surface area is 150 Å². The number of carbonyl (C=O) groups excluding carboxylic acids is 1. The van der Waals surface area contributed by atoms with E-state index in [0.717, 1.165) is 5.56 Å². The van der Waals surface area contributed by atoms with Crippen molar-refractivity contribution in [2.45, 2.75) is 38.3 Å². The fraction of sp³-hybridized carbons (Fsp3) is 0.444. The van der Waals surface area contributed by atoms with Gasteiger partial charge in [-0.1, -0.05) is 44.2 Å². The maximum Gasteiger partial charge on any atom is 0.242 e. The second-order valence-corrected chi connectivity index (χ2v) is 6.49. The molecule has 24 heavy (non-hydrogen) atoms. The van der Waals surface area contributed by atoms with Crippen LogP contribution in [0.3, 0.4) is 0 Å². The molecule has 0 aliphatic rings. The molecule has 6 heteroatoms. The summed E-state index contributed by atoms with van der Waals surface area (Å²) in [5, 5.41) is 10.3. The van der Waals surface area contributed by atoms with Crippen molar-refractivity contribution in [3.05, 3.63) is 53.9 Å². The van der Waals surface area contributed by atoms with Crippen LogP contribution < -0.4 is 10.6 Å². The average molecular weight is 351 g/mol. The number of hydrogen-bond donors (Lipinski definition) is 2. The molecule has 2 atom stereocenters. The Hall–Kier alpha value is -1.85. The normalized spacial score (nSPS) is 13.7. The van der Waals surface area contributed by atoms with Gasteiger partial charge in [-0.25, -0.2) is 0 Å². The molecule has 0 radical (unpaired) electrons. The smallest absolute Gasteiger partial charge is 0.242 e. The highest BCUT2D eigenvalue weighted by Crippen LogP contribution is 2.27. The van der Waals surface area contributed by atoms with Crippen LogP contribution in [0.2, 0.25) is 0 Å². The van der Waals surface area contributed by atoms with E-state index >= 15 is 0 Å². The number of carbonyl (C=O) groups is 1. The Bertz CT molecular complexity index is 654. The largest absolute Gasteiger partial charge is 0.351 e. The molecule has 1 amide bonds. The van der Waals surface area contributed by atoms with Gasteiger partial charge in [0.15, 0.2) is 0 Å². The number of aromatic nitrogens is 2. The van der Waals surface area contributed by atoms with Gasteiger partial charge in [0.25, 0.3) is 0 Å². The van der Waals surface area contributed by atoms with E-state index in [4.69, 9.17) is 0 Å². The zero-order valence-corrected chi connectivity index (χ0v) is 15.7. The number of benzene rings is 1. The Kier molecular flexibility index (Phi) is 6.99. The van der Waals surface area contributed by atoms with Crippen LogP contribution >= 0.6 is 12.4 Å². The van der Waals surface area contributed by atoms with Crippen LogP contribution in [0.1, 0.15) is 37.9 Å². The van der Waals surface area contributed by atoms with E-state index in [-0.39, 0.29) is 29.8 Å². The third-order valence-corrected chi connectivity index (χ3v) is 4.57. The molecule has 0 aliphatic carbocycles. The van der Waals surface area contributed by atoms with Gasteiger partial charge in [0, 0.05) is 30.3 Å². The van der Waals surface area contributed by atoms with Crippen molar-refractivity contribution in [3.8, 4) is 0 Å². The van der Waals surface area contributed by atoms with Crippen LogP contribution in [0, 0.1) is 0 Å². The highest BCUT2D eigenvalue weighted by atomic mass is 35.5. The van der Waals surface area contributed by atoms with E-state index in [9.17, 15) is 4.79 Å². The van der Waals surface area contributed by atoms with E-state index in [2.05, 4.69) is 41.7 Å². The van der Waals surface area contributed by atoms with E-state index in [1.807, 2.05) is 38.4 Å². The molecule has 132 valence electrons. The molecule has 0 saturated carbocycles. The molecular weight excluding hydrogens is 324 g/mol. The van der Waals surface area contributed by atoms with Crippen LogP contribution in [-0.4, -0.2) is 28.8 Å². The van der Waals surface area contributed by atoms with Crippen molar-refractivity contribution in [3.63, 3.8) is 0 Å². The molecule has 2 aromatic rings. The maximum absolute atomic E-state index is 12.7. The summed E-state index contributed by atoms with van der Waals surface area (Å²) in [5.74, 6) is -0.0444. The first-order chi connectivity index (χ1) is 10.9. The minimum absolute atomic E-state index is 0. The Balaban J connectivity index is 0.00000288. The predicted octanol–water partition coefficient (Wildman–Crippen LogP) is 2.58.